The molecule has 0 spiro atoms. The largest absolute Gasteiger partial charge is 0.513 e. The van der Waals surface area contributed by atoms with Gasteiger partial charge in [0, 0.05) is 6.42 Å². The third-order valence-electron chi connectivity index (χ3n) is 6.29. The number of ether oxygens (including phenoxy) is 6. The SMILES string of the molecule is CCCCCOC(=O)Oc1ccc(C[C@H](N)C(=O)O[C@@H](C)[C@H](C)OC(=O)CCC(C)C)cc1OC(=O)OCCCCC. The van der Waals surface area contributed by atoms with Gasteiger partial charge in [-0.2, -0.15) is 0 Å². The molecular weight excluding hydrogens is 546 g/mol. The molecule has 0 heterocycles. The van der Waals surface area contributed by atoms with E-state index in [0.717, 1.165) is 25.7 Å². The number of benzene rings is 1. The van der Waals surface area contributed by atoms with E-state index in [1.165, 1.54) is 12.1 Å². The van der Waals surface area contributed by atoms with Crippen LogP contribution in [0.3, 0.4) is 0 Å². The minimum atomic E-state index is -1.07. The van der Waals surface area contributed by atoms with Crippen LogP contribution in [0.25, 0.3) is 0 Å². The molecule has 3 atom stereocenters. The van der Waals surface area contributed by atoms with E-state index in [-0.39, 0.29) is 43.5 Å². The zero-order valence-electron chi connectivity index (χ0n) is 26.0. The third kappa shape index (κ3) is 15.6. The molecule has 0 aliphatic heterocycles. The first-order chi connectivity index (χ1) is 20.0. The minimum Gasteiger partial charge on any atom is -0.459 e. The van der Waals surface area contributed by atoms with Gasteiger partial charge in [-0.1, -0.05) is 59.4 Å². The summed E-state index contributed by atoms with van der Waals surface area (Å²) in [5, 5.41) is 0. The van der Waals surface area contributed by atoms with Crippen LogP contribution in [-0.2, 0) is 35.0 Å². The molecule has 42 heavy (non-hydrogen) atoms. The van der Waals surface area contributed by atoms with Crippen molar-refractivity contribution in [2.75, 3.05) is 13.2 Å². The molecule has 238 valence electrons. The van der Waals surface area contributed by atoms with E-state index in [2.05, 4.69) is 0 Å². The lowest BCUT2D eigenvalue weighted by Gasteiger charge is -2.22. The lowest BCUT2D eigenvalue weighted by atomic mass is 10.1. The van der Waals surface area contributed by atoms with Crippen LogP contribution >= 0.6 is 0 Å². The first kappa shape index (κ1) is 36.7. The molecule has 0 unspecified atom stereocenters. The molecule has 1 rings (SSSR count). The van der Waals surface area contributed by atoms with E-state index in [4.69, 9.17) is 34.2 Å². The first-order valence-electron chi connectivity index (χ1n) is 14.9. The van der Waals surface area contributed by atoms with E-state index in [1.54, 1.807) is 19.9 Å². The summed E-state index contributed by atoms with van der Waals surface area (Å²) in [5.41, 5.74) is 6.62. The third-order valence-corrected chi connectivity index (χ3v) is 6.29. The number of unbranched alkanes of at least 4 members (excludes halogenated alkanes) is 4. The molecule has 0 saturated carbocycles. The topological polar surface area (TPSA) is 150 Å². The van der Waals surface area contributed by atoms with Crippen molar-refractivity contribution in [1.82, 2.24) is 0 Å². The highest BCUT2D eigenvalue weighted by atomic mass is 16.7. The Morgan fingerprint density at radius 1 is 0.762 bits per heavy atom. The number of hydrogen-bond donors (Lipinski definition) is 1. The summed E-state index contributed by atoms with van der Waals surface area (Å²) >= 11 is 0. The summed E-state index contributed by atoms with van der Waals surface area (Å²) < 4.78 is 31.6. The summed E-state index contributed by atoms with van der Waals surface area (Å²) in [5.74, 6) is -0.821. The Morgan fingerprint density at radius 2 is 1.31 bits per heavy atom. The van der Waals surface area contributed by atoms with Crippen molar-refractivity contribution in [3.63, 3.8) is 0 Å². The number of carbonyl (C=O) groups is 4. The second-order valence-corrected chi connectivity index (χ2v) is 10.7. The lowest BCUT2D eigenvalue weighted by molar-refractivity contribution is -0.166. The Hall–Kier alpha value is -3.34. The van der Waals surface area contributed by atoms with Gasteiger partial charge in [0.2, 0.25) is 0 Å². The molecule has 0 aliphatic rings. The zero-order chi connectivity index (χ0) is 31.5. The zero-order valence-corrected chi connectivity index (χ0v) is 26.0. The maximum Gasteiger partial charge on any atom is 0.513 e. The Morgan fingerprint density at radius 3 is 1.86 bits per heavy atom. The average molecular weight is 596 g/mol. The van der Waals surface area contributed by atoms with Crippen LogP contribution in [0.15, 0.2) is 18.2 Å². The van der Waals surface area contributed by atoms with Gasteiger partial charge in [0.15, 0.2) is 11.5 Å². The van der Waals surface area contributed by atoms with E-state index in [9.17, 15) is 19.2 Å². The summed E-state index contributed by atoms with van der Waals surface area (Å²) in [4.78, 5) is 49.2. The van der Waals surface area contributed by atoms with Crippen molar-refractivity contribution < 1.29 is 47.6 Å². The molecule has 0 aliphatic carbocycles. The second-order valence-electron chi connectivity index (χ2n) is 10.7. The van der Waals surface area contributed by atoms with Crippen molar-refractivity contribution in [2.24, 2.45) is 11.7 Å². The molecular formula is C31H49NO10. The maximum absolute atomic E-state index is 12.7. The molecule has 11 nitrogen and oxygen atoms in total. The van der Waals surface area contributed by atoms with E-state index < -0.39 is 36.5 Å². The molecule has 0 fully saturated rings. The predicted octanol–water partition coefficient (Wildman–Crippen LogP) is 6.27. The Labute approximate surface area is 249 Å². The Kier molecular flexibility index (Phi) is 17.9. The normalized spacial score (nSPS) is 13.0. The van der Waals surface area contributed by atoms with Crippen molar-refractivity contribution in [2.45, 2.75) is 118 Å². The second kappa shape index (κ2) is 20.5. The van der Waals surface area contributed by atoms with E-state index >= 15 is 0 Å². The monoisotopic (exact) mass is 595 g/mol. The molecule has 2 N–H and O–H groups in total. The van der Waals surface area contributed by atoms with Gasteiger partial charge >= 0.3 is 24.2 Å². The fourth-order valence-corrected chi connectivity index (χ4v) is 3.57. The molecule has 0 saturated heterocycles. The Balaban J connectivity index is 2.86. The van der Waals surface area contributed by atoms with Crippen LogP contribution in [0, 0.1) is 5.92 Å². The quantitative estimate of drug-likeness (QED) is 0.0834. The minimum absolute atomic E-state index is 0.0256. The highest BCUT2D eigenvalue weighted by Crippen LogP contribution is 2.30. The summed E-state index contributed by atoms with van der Waals surface area (Å²) in [6.07, 6.45) is 2.87. The van der Waals surface area contributed by atoms with Gasteiger partial charge in [0.25, 0.3) is 0 Å². The van der Waals surface area contributed by atoms with Crippen molar-refractivity contribution in [1.29, 1.82) is 0 Å². The summed E-state index contributed by atoms with van der Waals surface area (Å²) in [7, 11) is 0. The Bertz CT molecular complexity index is 980. The average Bonchev–Trinajstić information content (AvgIpc) is 2.93. The molecule has 0 amide bonds. The molecule has 11 heteroatoms. The number of nitrogens with two attached hydrogens (primary N) is 1. The number of carbonyl (C=O) groups excluding carboxylic acids is 4. The molecule has 1 aromatic carbocycles. The van der Waals surface area contributed by atoms with Gasteiger partial charge in [-0.15, -0.1) is 0 Å². The fourth-order valence-electron chi connectivity index (χ4n) is 3.57. The predicted molar refractivity (Wildman–Crippen MR) is 156 cm³/mol. The van der Waals surface area contributed by atoms with Crippen molar-refractivity contribution in [3.05, 3.63) is 23.8 Å². The van der Waals surface area contributed by atoms with Crippen LogP contribution < -0.4 is 15.2 Å². The number of esters is 2. The molecule has 0 radical (unpaired) electrons. The van der Waals surface area contributed by atoms with Gasteiger partial charge in [0.1, 0.15) is 18.2 Å². The molecule has 1 aromatic rings. The standard InChI is InChI=1S/C31H49NO10/c1-7-9-11-17-37-30(35)41-26-15-14-24(20-27(26)42-31(36)38-18-12-10-8-2)19-25(32)29(34)40-23(6)22(5)39-28(33)16-13-21(3)4/h14-15,20-23,25H,7-13,16-19,32H2,1-6H3/t22-,23-,25-/m0/s1. The van der Waals surface area contributed by atoms with Gasteiger partial charge in [-0.05, 0) is 63.1 Å². The first-order valence-corrected chi connectivity index (χ1v) is 14.9. The fraction of sp³-hybridized carbons (Fsp3) is 0.677. The van der Waals surface area contributed by atoms with Crippen LogP contribution in [-0.4, -0.2) is 55.7 Å². The molecule has 0 aromatic heterocycles. The number of hydrogen-bond acceptors (Lipinski definition) is 11. The smallest absolute Gasteiger partial charge is 0.459 e. The van der Waals surface area contributed by atoms with Crippen molar-refractivity contribution in [3.8, 4) is 11.5 Å². The highest BCUT2D eigenvalue weighted by Gasteiger charge is 2.25. The van der Waals surface area contributed by atoms with Gasteiger partial charge in [-0.3, -0.25) is 9.59 Å². The van der Waals surface area contributed by atoms with Gasteiger partial charge in [-0.25, -0.2) is 9.59 Å². The highest BCUT2D eigenvalue weighted by molar-refractivity contribution is 5.76. The summed E-state index contributed by atoms with van der Waals surface area (Å²) in [6, 6.07) is 3.36. The molecule has 0 bridgehead atoms. The van der Waals surface area contributed by atoms with E-state index in [1.807, 2.05) is 27.7 Å². The van der Waals surface area contributed by atoms with Gasteiger partial charge < -0.3 is 34.2 Å². The van der Waals surface area contributed by atoms with Crippen LogP contribution in [0.2, 0.25) is 0 Å². The summed E-state index contributed by atoms with van der Waals surface area (Å²) in [6.45, 7) is 11.7. The van der Waals surface area contributed by atoms with Crippen LogP contribution in [0.4, 0.5) is 9.59 Å². The van der Waals surface area contributed by atoms with Crippen LogP contribution in [0.5, 0.6) is 11.5 Å². The van der Waals surface area contributed by atoms with E-state index in [0.29, 0.717) is 30.7 Å². The lowest BCUT2D eigenvalue weighted by Crippen LogP contribution is -2.39. The van der Waals surface area contributed by atoms with Gasteiger partial charge in [0.05, 0.1) is 13.2 Å². The van der Waals surface area contributed by atoms with Crippen molar-refractivity contribution >= 4 is 24.2 Å². The number of rotatable bonds is 19. The van der Waals surface area contributed by atoms with Crippen LogP contribution in [0.1, 0.15) is 98.5 Å². The maximum atomic E-state index is 12.7.